The van der Waals surface area contributed by atoms with Gasteiger partial charge in [0, 0.05) is 27.9 Å². The number of hydrogen-bond donors (Lipinski definition) is 2. The average Bonchev–Trinajstić information content (AvgIpc) is 2.98. The Labute approximate surface area is 269 Å². The Morgan fingerprint density at radius 1 is 1.16 bits per heavy atom. The molecule has 2 fully saturated rings. The number of ketones is 2. The molecular weight excluding hydrogens is 572 g/mol. The number of methoxy groups -OCH3 is 1. The van der Waals surface area contributed by atoms with Crippen LogP contribution in [0.2, 0.25) is 0 Å². The zero-order valence-corrected chi connectivity index (χ0v) is 29.1. The van der Waals surface area contributed by atoms with Crippen LogP contribution >= 0.6 is 12.6 Å². The van der Waals surface area contributed by atoms with Crippen molar-refractivity contribution in [2.45, 2.75) is 113 Å². The third-order valence-electron chi connectivity index (χ3n) is 13.2. The Kier molecular flexibility index (Phi) is 8.96. The molecule has 4 rings (SSSR count). The standard InChI is InChI=1S/C36H52N2O5S/c1-10-31(2,3)13-15-36(30(42)38-24(21-44)29(41)43-9)16-14-34(7)23(19-36)25(39)17-27-33(6)18-22(20-37)28(40)32(4,5)26(33)11-12-35(27,34)8/h17-18,23-24,26,44H,10-16,19,21H2,1-9H3,(H,38,42)/t23-,24?,26-,33-,34+,35+,36-/m0/s1. The topological polar surface area (TPSA) is 113 Å². The van der Waals surface area contributed by atoms with Gasteiger partial charge in [-0.15, -0.1) is 0 Å². The molecule has 2 saturated carbocycles. The molecular formula is C36H52N2O5S. The molecule has 1 unspecified atom stereocenters. The maximum absolute atomic E-state index is 14.4. The molecule has 7 nitrogen and oxygen atoms in total. The number of nitriles is 1. The first-order valence-corrected chi connectivity index (χ1v) is 16.9. The molecule has 4 aliphatic rings. The first-order valence-electron chi connectivity index (χ1n) is 16.3. The summed E-state index contributed by atoms with van der Waals surface area (Å²) >= 11 is 4.31. The summed E-state index contributed by atoms with van der Waals surface area (Å²) in [4.78, 5) is 54.3. The van der Waals surface area contributed by atoms with E-state index in [2.05, 4.69) is 65.6 Å². The number of thiol groups is 1. The number of hydrogen-bond acceptors (Lipinski definition) is 7. The SMILES string of the molecule is CCC(C)(C)CC[C@]1(C(=O)NC(CS)C(=O)OC)CC[C@]2(C)[C@@H](C1)C(=O)C=C1[C@@]3(C)C=C(C#N)C(=O)C(C)(C)[C@@H]3CC[C@]12C. The lowest BCUT2D eigenvalue weighted by atomic mass is 9.36. The third kappa shape index (κ3) is 5.10. The molecule has 0 heterocycles. The highest BCUT2D eigenvalue weighted by Crippen LogP contribution is 2.72. The first kappa shape index (κ1) is 34.5. The van der Waals surface area contributed by atoms with Crippen molar-refractivity contribution >= 4 is 36.1 Å². The van der Waals surface area contributed by atoms with Gasteiger partial charge in [0.1, 0.15) is 12.1 Å². The Bertz CT molecular complexity index is 1360. The number of ether oxygens (including phenoxy) is 1. The molecule has 0 aromatic heterocycles. The van der Waals surface area contributed by atoms with Crippen LogP contribution in [0.25, 0.3) is 0 Å². The van der Waals surface area contributed by atoms with Crippen LogP contribution in [0.1, 0.15) is 107 Å². The molecule has 0 aromatic rings. The first-order chi connectivity index (χ1) is 20.3. The number of carbonyl (C=O) groups excluding carboxylic acids is 4. The number of rotatable bonds is 8. The van der Waals surface area contributed by atoms with Gasteiger partial charge in [-0.2, -0.15) is 17.9 Å². The quantitative estimate of drug-likeness (QED) is 0.233. The zero-order valence-electron chi connectivity index (χ0n) is 28.2. The molecule has 7 atom stereocenters. The van der Waals surface area contributed by atoms with E-state index in [-0.39, 0.29) is 51.5 Å². The molecule has 0 bridgehead atoms. The minimum absolute atomic E-state index is 0.0203. The summed E-state index contributed by atoms with van der Waals surface area (Å²) in [5, 5.41) is 12.9. The van der Waals surface area contributed by atoms with Crippen molar-refractivity contribution in [3.05, 3.63) is 23.3 Å². The fourth-order valence-corrected chi connectivity index (χ4v) is 9.68. The van der Waals surface area contributed by atoms with Gasteiger partial charge in [0.25, 0.3) is 0 Å². The van der Waals surface area contributed by atoms with Gasteiger partial charge < -0.3 is 10.1 Å². The van der Waals surface area contributed by atoms with Gasteiger partial charge in [-0.1, -0.05) is 73.5 Å². The van der Waals surface area contributed by atoms with Crippen molar-refractivity contribution < 1.29 is 23.9 Å². The maximum atomic E-state index is 14.4. The molecule has 242 valence electrons. The van der Waals surface area contributed by atoms with Crippen molar-refractivity contribution in [2.24, 2.45) is 44.3 Å². The number of esters is 1. The molecule has 1 N–H and O–H groups in total. The number of fused-ring (bicyclic) bond motifs is 5. The van der Waals surface area contributed by atoms with Crippen LogP contribution in [0, 0.1) is 55.7 Å². The van der Waals surface area contributed by atoms with E-state index < -0.39 is 33.7 Å². The number of carbonyl (C=O) groups is 4. The minimum atomic E-state index is -0.861. The van der Waals surface area contributed by atoms with Gasteiger partial charge in [0.15, 0.2) is 11.6 Å². The second-order valence-corrected chi connectivity index (χ2v) is 16.5. The Balaban J connectivity index is 1.80. The number of Topliss-reactive ketones (excluding diaryl/α,β-unsaturated/α-hetero) is 1. The van der Waals surface area contributed by atoms with E-state index in [9.17, 15) is 24.4 Å². The molecule has 4 aliphatic carbocycles. The lowest BCUT2D eigenvalue weighted by Gasteiger charge is -2.66. The summed E-state index contributed by atoms with van der Waals surface area (Å²) in [5.74, 6) is -1.10. The summed E-state index contributed by atoms with van der Waals surface area (Å²) in [5.41, 5.74) is -1.65. The molecule has 0 saturated heterocycles. The normalized spacial score (nSPS) is 36.8. The predicted octanol–water partition coefficient (Wildman–Crippen LogP) is 6.57. The highest BCUT2D eigenvalue weighted by molar-refractivity contribution is 7.80. The minimum Gasteiger partial charge on any atom is -0.467 e. The van der Waals surface area contributed by atoms with Crippen molar-refractivity contribution in [3.63, 3.8) is 0 Å². The third-order valence-corrected chi connectivity index (χ3v) is 13.5. The van der Waals surface area contributed by atoms with Crippen molar-refractivity contribution in [3.8, 4) is 6.07 Å². The summed E-state index contributed by atoms with van der Waals surface area (Å²) < 4.78 is 4.93. The van der Waals surface area contributed by atoms with E-state index in [1.165, 1.54) is 7.11 Å². The monoisotopic (exact) mass is 624 g/mol. The lowest BCUT2D eigenvalue weighted by Crippen LogP contribution is -2.63. The van der Waals surface area contributed by atoms with Gasteiger partial charge in [-0.3, -0.25) is 14.4 Å². The van der Waals surface area contributed by atoms with E-state index in [1.54, 1.807) is 0 Å². The zero-order chi connectivity index (χ0) is 33.1. The Hall–Kier alpha value is -2.40. The van der Waals surface area contributed by atoms with Gasteiger partial charge in [-0.25, -0.2) is 4.79 Å². The summed E-state index contributed by atoms with van der Waals surface area (Å²) in [6, 6.07) is 1.29. The smallest absolute Gasteiger partial charge is 0.329 e. The van der Waals surface area contributed by atoms with E-state index in [1.807, 2.05) is 26.0 Å². The maximum Gasteiger partial charge on any atom is 0.329 e. The van der Waals surface area contributed by atoms with Gasteiger partial charge in [-0.05, 0) is 73.2 Å². The van der Waals surface area contributed by atoms with Gasteiger partial charge >= 0.3 is 5.97 Å². The second-order valence-electron chi connectivity index (χ2n) is 16.1. The van der Waals surface area contributed by atoms with Crippen LogP contribution in [0.3, 0.4) is 0 Å². The molecule has 0 radical (unpaired) electrons. The van der Waals surface area contributed by atoms with Crippen LogP contribution in [-0.2, 0) is 23.9 Å². The Morgan fingerprint density at radius 3 is 2.39 bits per heavy atom. The fraction of sp³-hybridized carbons (Fsp3) is 0.750. The predicted molar refractivity (Wildman–Crippen MR) is 173 cm³/mol. The second kappa shape index (κ2) is 11.4. The van der Waals surface area contributed by atoms with Crippen LogP contribution < -0.4 is 5.32 Å². The highest BCUT2D eigenvalue weighted by atomic mass is 32.1. The van der Waals surface area contributed by atoms with Crippen molar-refractivity contribution in [1.29, 1.82) is 5.26 Å². The van der Waals surface area contributed by atoms with Crippen molar-refractivity contribution in [2.75, 3.05) is 12.9 Å². The summed E-state index contributed by atoms with van der Waals surface area (Å²) in [6.07, 6.45) is 9.42. The lowest BCUT2D eigenvalue weighted by molar-refractivity contribution is -0.157. The van der Waals surface area contributed by atoms with E-state index in [0.717, 1.165) is 31.3 Å². The number of nitrogens with zero attached hydrogens (tertiary/aromatic N) is 1. The average molecular weight is 625 g/mol. The molecule has 1 amide bonds. The molecule has 44 heavy (non-hydrogen) atoms. The van der Waals surface area contributed by atoms with Crippen molar-refractivity contribution in [1.82, 2.24) is 5.32 Å². The van der Waals surface area contributed by atoms with E-state index >= 15 is 0 Å². The number of allylic oxidation sites excluding steroid dienone is 4. The number of nitrogens with one attached hydrogen (secondary N) is 1. The van der Waals surface area contributed by atoms with E-state index in [4.69, 9.17) is 4.74 Å². The van der Waals surface area contributed by atoms with E-state index in [0.29, 0.717) is 25.7 Å². The fourth-order valence-electron chi connectivity index (χ4n) is 9.44. The van der Waals surface area contributed by atoms with Crippen LogP contribution in [0.5, 0.6) is 0 Å². The van der Waals surface area contributed by atoms with Crippen LogP contribution in [0.15, 0.2) is 23.3 Å². The number of amides is 1. The molecule has 0 aromatic carbocycles. The highest BCUT2D eigenvalue weighted by Gasteiger charge is 2.67. The summed E-state index contributed by atoms with van der Waals surface area (Å²) in [7, 11) is 1.30. The van der Waals surface area contributed by atoms with Crippen LogP contribution in [-0.4, -0.2) is 42.3 Å². The molecule has 8 heteroatoms. The largest absolute Gasteiger partial charge is 0.467 e. The molecule has 0 spiro atoms. The summed E-state index contributed by atoms with van der Waals surface area (Å²) in [6.45, 7) is 17.1. The molecule has 0 aliphatic heterocycles. The van der Waals surface area contributed by atoms with Gasteiger partial charge in [0.2, 0.25) is 5.91 Å². The van der Waals surface area contributed by atoms with Gasteiger partial charge in [0.05, 0.1) is 12.7 Å². The Morgan fingerprint density at radius 2 is 1.82 bits per heavy atom. The van der Waals surface area contributed by atoms with Crippen LogP contribution in [0.4, 0.5) is 0 Å².